The summed E-state index contributed by atoms with van der Waals surface area (Å²) >= 11 is 0. The number of hydrogen-bond donors (Lipinski definition) is 1. The number of fused-ring (bicyclic) bond motifs is 1. The Kier molecular flexibility index (Phi) is 5.85. The second kappa shape index (κ2) is 9.27. The van der Waals surface area contributed by atoms with Crippen LogP contribution >= 0.6 is 0 Å². The van der Waals surface area contributed by atoms with Crippen LogP contribution in [0.15, 0.2) is 60.9 Å². The second-order valence-electron chi connectivity index (χ2n) is 8.16. The molecule has 1 N–H and O–H groups in total. The van der Waals surface area contributed by atoms with Crippen molar-refractivity contribution in [3.63, 3.8) is 0 Å². The van der Waals surface area contributed by atoms with Crippen molar-refractivity contribution >= 4 is 23.4 Å². The van der Waals surface area contributed by atoms with Gasteiger partial charge in [-0.1, -0.05) is 18.2 Å². The van der Waals surface area contributed by atoms with E-state index in [0.29, 0.717) is 41.6 Å². The number of nitriles is 1. The average molecular weight is 466 g/mol. The van der Waals surface area contributed by atoms with E-state index in [1.165, 1.54) is 0 Å². The number of nitrogens with one attached hydrogen (secondary N) is 1. The van der Waals surface area contributed by atoms with Gasteiger partial charge in [0.1, 0.15) is 17.6 Å². The van der Waals surface area contributed by atoms with Gasteiger partial charge in [-0.05, 0) is 36.2 Å². The van der Waals surface area contributed by atoms with Crippen LogP contribution < -0.4 is 15.0 Å². The minimum Gasteiger partial charge on any atom is -0.496 e. The minimum absolute atomic E-state index is 0.0674. The van der Waals surface area contributed by atoms with Gasteiger partial charge in [0.2, 0.25) is 11.9 Å². The molecule has 0 bridgehead atoms. The zero-order valence-corrected chi connectivity index (χ0v) is 19.4. The number of carbonyl (C=O) groups is 1. The van der Waals surface area contributed by atoms with E-state index in [2.05, 4.69) is 26.5 Å². The summed E-state index contributed by atoms with van der Waals surface area (Å²) in [5, 5.41) is 17.2. The lowest BCUT2D eigenvalue weighted by atomic mass is 10.0. The predicted octanol–water partition coefficient (Wildman–Crippen LogP) is 3.63. The highest BCUT2D eigenvalue weighted by molar-refractivity contribution is 5.99. The molecule has 0 atom stereocenters. The lowest BCUT2D eigenvalue weighted by Crippen LogP contribution is -2.31. The number of carbonyl (C=O) groups excluding carboxylic acids is 1. The first-order valence-corrected chi connectivity index (χ1v) is 11.1. The maximum Gasteiger partial charge on any atom is 0.231 e. The number of methoxy groups -OCH3 is 1. The summed E-state index contributed by atoms with van der Waals surface area (Å²) in [6, 6.07) is 17.2. The van der Waals surface area contributed by atoms with E-state index in [4.69, 9.17) is 4.74 Å². The second-order valence-corrected chi connectivity index (χ2v) is 8.16. The zero-order valence-electron chi connectivity index (χ0n) is 19.4. The monoisotopic (exact) mass is 465 g/mol. The smallest absolute Gasteiger partial charge is 0.231 e. The summed E-state index contributed by atoms with van der Waals surface area (Å²) in [7, 11) is 3.42. The van der Waals surface area contributed by atoms with E-state index in [0.717, 1.165) is 22.5 Å². The Balaban J connectivity index is 1.44. The molecule has 4 aromatic rings. The SMILES string of the molecule is COc1ccccc1CC(=O)N1CCc2cc(-c3ccnc(Nc4ccnn4C)n3)cc(C#N)c21. The molecule has 0 fully saturated rings. The molecular weight excluding hydrogens is 442 g/mol. The molecule has 0 saturated heterocycles. The van der Waals surface area contributed by atoms with Crippen molar-refractivity contribution in [2.45, 2.75) is 12.8 Å². The van der Waals surface area contributed by atoms with Crippen molar-refractivity contribution in [2.75, 3.05) is 23.9 Å². The van der Waals surface area contributed by atoms with Gasteiger partial charge in [0.05, 0.1) is 36.7 Å². The summed E-state index contributed by atoms with van der Waals surface area (Å²) in [4.78, 5) is 23.8. The Hall–Kier alpha value is -4.71. The first-order chi connectivity index (χ1) is 17.1. The Morgan fingerprint density at radius 3 is 2.83 bits per heavy atom. The Morgan fingerprint density at radius 2 is 2.06 bits per heavy atom. The number of benzene rings is 2. The average Bonchev–Trinajstić information content (AvgIpc) is 3.50. The zero-order chi connectivity index (χ0) is 24.4. The van der Waals surface area contributed by atoms with E-state index in [9.17, 15) is 10.1 Å². The standard InChI is InChI=1S/C26H23N7O2/c1-32-23(8-11-29-32)31-26-28-10-7-21(30-26)19-13-18-9-12-33(25(18)20(14-19)16-27)24(34)15-17-5-3-4-6-22(17)35-2/h3-8,10-11,13-14H,9,12,15H2,1-2H3,(H,28,30,31). The van der Waals surface area contributed by atoms with Crippen molar-refractivity contribution in [2.24, 2.45) is 7.05 Å². The van der Waals surface area contributed by atoms with E-state index in [-0.39, 0.29) is 12.3 Å². The minimum atomic E-state index is -0.0674. The fraction of sp³-hybridized carbons (Fsp3) is 0.192. The topological polar surface area (TPSA) is 109 Å². The van der Waals surface area contributed by atoms with Crippen LogP contribution in [0.3, 0.4) is 0 Å². The number of rotatable bonds is 6. The van der Waals surface area contributed by atoms with Crippen LogP contribution in [-0.4, -0.2) is 39.3 Å². The van der Waals surface area contributed by atoms with E-state index in [1.807, 2.05) is 43.4 Å². The molecule has 0 unspecified atom stereocenters. The third kappa shape index (κ3) is 4.29. The molecule has 0 spiro atoms. The highest BCUT2D eigenvalue weighted by Gasteiger charge is 2.29. The summed E-state index contributed by atoms with van der Waals surface area (Å²) < 4.78 is 7.08. The quantitative estimate of drug-likeness (QED) is 0.463. The molecule has 2 aromatic carbocycles. The van der Waals surface area contributed by atoms with Gasteiger partial charge >= 0.3 is 0 Å². The van der Waals surface area contributed by atoms with Gasteiger partial charge in [0.15, 0.2) is 0 Å². The lowest BCUT2D eigenvalue weighted by molar-refractivity contribution is -0.117. The van der Waals surface area contributed by atoms with Crippen LogP contribution in [0.1, 0.15) is 16.7 Å². The fourth-order valence-electron chi connectivity index (χ4n) is 4.33. The first kappa shape index (κ1) is 22.1. The number of amides is 1. The number of hydrogen-bond acceptors (Lipinski definition) is 7. The first-order valence-electron chi connectivity index (χ1n) is 11.1. The number of nitrogens with zero attached hydrogens (tertiary/aromatic N) is 6. The van der Waals surface area contributed by atoms with E-state index >= 15 is 0 Å². The van der Waals surface area contributed by atoms with Crippen LogP contribution in [0.4, 0.5) is 17.5 Å². The van der Waals surface area contributed by atoms with Gasteiger partial charge in [-0.2, -0.15) is 10.4 Å². The molecule has 174 valence electrons. The Labute approximate surface area is 202 Å². The number of ether oxygens (including phenoxy) is 1. The largest absolute Gasteiger partial charge is 0.496 e. The van der Waals surface area contributed by atoms with Gasteiger partial charge in [-0.3, -0.25) is 9.48 Å². The number of aryl methyl sites for hydroxylation is 1. The molecule has 35 heavy (non-hydrogen) atoms. The van der Waals surface area contributed by atoms with Gasteiger partial charge in [0.25, 0.3) is 0 Å². The normalized spacial score (nSPS) is 12.2. The number of para-hydroxylation sites is 1. The molecule has 5 rings (SSSR count). The van der Waals surface area contributed by atoms with Crippen LogP contribution in [0.2, 0.25) is 0 Å². The van der Waals surface area contributed by atoms with Crippen LogP contribution in [0.25, 0.3) is 11.3 Å². The summed E-state index contributed by atoms with van der Waals surface area (Å²) in [6.45, 7) is 0.526. The van der Waals surface area contributed by atoms with Gasteiger partial charge in [-0.15, -0.1) is 0 Å². The highest BCUT2D eigenvalue weighted by atomic mass is 16.5. The molecule has 0 radical (unpaired) electrons. The van der Waals surface area contributed by atoms with Crippen LogP contribution in [0, 0.1) is 11.3 Å². The number of anilines is 3. The van der Waals surface area contributed by atoms with Crippen molar-refractivity contribution in [3.8, 4) is 23.1 Å². The summed E-state index contributed by atoms with van der Waals surface area (Å²) in [6.07, 6.45) is 4.22. The summed E-state index contributed by atoms with van der Waals surface area (Å²) in [5.41, 5.74) is 4.38. The van der Waals surface area contributed by atoms with Gasteiger partial charge in [-0.25, -0.2) is 9.97 Å². The van der Waals surface area contributed by atoms with Crippen molar-refractivity contribution in [1.29, 1.82) is 5.26 Å². The molecule has 3 heterocycles. The highest BCUT2D eigenvalue weighted by Crippen LogP contribution is 2.36. The Bertz CT molecular complexity index is 1450. The lowest BCUT2D eigenvalue weighted by Gasteiger charge is -2.20. The van der Waals surface area contributed by atoms with E-state index < -0.39 is 0 Å². The Morgan fingerprint density at radius 1 is 1.20 bits per heavy atom. The maximum atomic E-state index is 13.2. The van der Waals surface area contributed by atoms with Gasteiger partial charge in [0, 0.05) is 37.0 Å². The molecule has 2 aromatic heterocycles. The van der Waals surface area contributed by atoms with Crippen LogP contribution in [-0.2, 0) is 24.7 Å². The third-order valence-electron chi connectivity index (χ3n) is 6.03. The van der Waals surface area contributed by atoms with Crippen molar-refractivity contribution in [3.05, 3.63) is 77.6 Å². The molecule has 9 nitrogen and oxygen atoms in total. The third-order valence-corrected chi connectivity index (χ3v) is 6.03. The predicted molar refractivity (Wildman–Crippen MR) is 131 cm³/mol. The number of aromatic nitrogens is 4. The summed E-state index contributed by atoms with van der Waals surface area (Å²) in [5.74, 6) is 1.80. The molecule has 1 amide bonds. The molecular formula is C26H23N7O2. The molecule has 1 aliphatic heterocycles. The van der Waals surface area contributed by atoms with Crippen molar-refractivity contribution in [1.82, 2.24) is 19.7 Å². The fourth-order valence-corrected chi connectivity index (χ4v) is 4.33. The van der Waals surface area contributed by atoms with Gasteiger partial charge < -0.3 is 15.0 Å². The molecule has 0 saturated carbocycles. The molecule has 9 heteroatoms. The molecule has 1 aliphatic rings. The maximum absolute atomic E-state index is 13.2. The van der Waals surface area contributed by atoms with Crippen LogP contribution in [0.5, 0.6) is 5.75 Å². The van der Waals surface area contributed by atoms with E-state index in [1.54, 1.807) is 41.2 Å². The molecule has 0 aliphatic carbocycles. The van der Waals surface area contributed by atoms with Crippen molar-refractivity contribution < 1.29 is 9.53 Å².